The molecular formula is C33H47F3N2O2. The molecule has 0 unspecified atom stereocenters. The number of alkyl halides is 3. The minimum atomic E-state index is -4.48. The quantitative estimate of drug-likeness (QED) is 0.352. The van der Waals surface area contributed by atoms with Gasteiger partial charge in [0.05, 0.1) is 5.41 Å². The largest absolute Gasteiger partial charge is 0.481 e. The molecule has 1 N–H and O–H groups in total. The minimum Gasteiger partial charge on any atom is -0.481 e. The summed E-state index contributed by atoms with van der Waals surface area (Å²) in [5.41, 5.74) is 0.0751. The third-order valence-electron chi connectivity index (χ3n) is 14.1. The van der Waals surface area contributed by atoms with Crippen LogP contribution in [0.2, 0.25) is 0 Å². The number of hydrogen-bond donors (Lipinski definition) is 1. The lowest BCUT2D eigenvalue weighted by molar-refractivity contribution is -0.179. The van der Waals surface area contributed by atoms with Crippen molar-refractivity contribution in [3.8, 4) is 0 Å². The number of aliphatic carboxylic acids is 1. The van der Waals surface area contributed by atoms with E-state index in [4.69, 9.17) is 0 Å². The van der Waals surface area contributed by atoms with E-state index in [1.165, 1.54) is 10.3 Å². The number of allylic oxidation sites excluding steroid dienone is 2. The summed E-state index contributed by atoms with van der Waals surface area (Å²) in [5, 5.41) is 14.7. The minimum absolute atomic E-state index is 0.0281. The predicted molar refractivity (Wildman–Crippen MR) is 149 cm³/mol. The molecule has 1 aromatic heterocycles. The average molecular weight is 561 g/mol. The van der Waals surface area contributed by atoms with Crippen LogP contribution in [0.25, 0.3) is 0 Å². The first-order valence-electron chi connectivity index (χ1n) is 15.4. The van der Waals surface area contributed by atoms with Gasteiger partial charge in [-0.25, -0.2) is 0 Å². The lowest BCUT2D eigenvalue weighted by Gasteiger charge is -2.70. The van der Waals surface area contributed by atoms with E-state index in [1.807, 2.05) is 0 Å². The summed E-state index contributed by atoms with van der Waals surface area (Å²) < 4.78 is 44.3. The number of fused-ring (bicyclic) bond motifs is 8. The molecule has 6 rings (SSSR count). The lowest BCUT2D eigenvalue weighted by Crippen LogP contribution is -2.65. The van der Waals surface area contributed by atoms with Crippen LogP contribution in [0.15, 0.2) is 11.6 Å². The van der Waals surface area contributed by atoms with E-state index in [0.717, 1.165) is 44.2 Å². The highest BCUT2D eigenvalue weighted by Gasteiger charge is 2.70. The summed E-state index contributed by atoms with van der Waals surface area (Å²) in [4.78, 5) is 12.9. The van der Waals surface area contributed by atoms with Gasteiger partial charge in [-0.2, -0.15) is 18.3 Å². The van der Waals surface area contributed by atoms with Gasteiger partial charge in [-0.15, -0.1) is 0 Å². The molecule has 0 aromatic carbocycles. The molecule has 0 spiro atoms. The van der Waals surface area contributed by atoms with Crippen LogP contribution >= 0.6 is 0 Å². The van der Waals surface area contributed by atoms with Crippen molar-refractivity contribution < 1.29 is 23.1 Å². The van der Waals surface area contributed by atoms with Gasteiger partial charge in [-0.05, 0) is 97.2 Å². The summed E-state index contributed by atoms with van der Waals surface area (Å²) >= 11 is 0. The van der Waals surface area contributed by atoms with Crippen LogP contribution in [0.4, 0.5) is 13.2 Å². The predicted octanol–water partition coefficient (Wildman–Crippen LogP) is 8.19. The van der Waals surface area contributed by atoms with Crippen molar-refractivity contribution in [3.63, 3.8) is 0 Å². The number of carboxylic acid groups (broad SMARTS) is 1. The van der Waals surface area contributed by atoms with Crippen LogP contribution < -0.4 is 0 Å². The van der Waals surface area contributed by atoms with E-state index in [2.05, 4.69) is 59.6 Å². The normalized spacial score (nSPS) is 45.8. The summed E-state index contributed by atoms with van der Waals surface area (Å²) in [6.45, 7) is 15.9. The van der Waals surface area contributed by atoms with Crippen molar-refractivity contribution in [2.45, 2.75) is 111 Å². The zero-order valence-electron chi connectivity index (χ0n) is 25.5. The number of aryl methyl sites for hydroxylation is 1. The maximum atomic E-state index is 14.3. The zero-order chi connectivity index (χ0) is 29.4. The second kappa shape index (κ2) is 8.18. The van der Waals surface area contributed by atoms with Crippen LogP contribution in [0.5, 0.6) is 0 Å². The second-order valence-corrected chi connectivity index (χ2v) is 15.8. The van der Waals surface area contributed by atoms with Gasteiger partial charge < -0.3 is 5.11 Å². The van der Waals surface area contributed by atoms with Gasteiger partial charge in [-0.1, -0.05) is 60.1 Å². The van der Waals surface area contributed by atoms with Crippen LogP contribution in [0.3, 0.4) is 0 Å². The van der Waals surface area contributed by atoms with Crippen molar-refractivity contribution in [3.05, 3.63) is 28.6 Å². The molecule has 0 saturated heterocycles. The molecule has 40 heavy (non-hydrogen) atoms. The highest BCUT2D eigenvalue weighted by molar-refractivity contribution is 5.76. The number of nitrogens with zero attached hydrogens (tertiary/aromatic N) is 2. The molecule has 9 atom stereocenters. The topological polar surface area (TPSA) is 55.1 Å². The zero-order valence-corrected chi connectivity index (χ0v) is 25.5. The molecule has 0 bridgehead atoms. The summed E-state index contributed by atoms with van der Waals surface area (Å²) in [6.07, 6.45) is 4.34. The van der Waals surface area contributed by atoms with Crippen molar-refractivity contribution in [1.82, 2.24) is 9.78 Å². The number of halogens is 3. The smallest absolute Gasteiger partial charge is 0.435 e. The molecule has 7 heteroatoms. The molecule has 222 valence electrons. The Labute approximate surface area is 237 Å². The number of rotatable bonds is 1. The van der Waals surface area contributed by atoms with Crippen LogP contribution in [0.1, 0.15) is 110 Å². The highest BCUT2D eigenvalue weighted by atomic mass is 19.4. The maximum absolute atomic E-state index is 14.3. The fourth-order valence-corrected chi connectivity index (χ4v) is 12.0. The highest BCUT2D eigenvalue weighted by Crippen LogP contribution is 2.75. The first-order chi connectivity index (χ1) is 18.4. The van der Waals surface area contributed by atoms with E-state index < -0.39 is 28.7 Å². The second-order valence-electron chi connectivity index (χ2n) is 15.8. The Morgan fingerprint density at radius 1 is 1.02 bits per heavy atom. The fourth-order valence-electron chi connectivity index (χ4n) is 12.0. The Bertz CT molecular complexity index is 1300. The number of carbonyl (C=O) groups is 1. The van der Waals surface area contributed by atoms with Crippen molar-refractivity contribution >= 4 is 5.97 Å². The molecule has 0 aliphatic heterocycles. The molecule has 3 saturated carbocycles. The Morgan fingerprint density at radius 2 is 1.70 bits per heavy atom. The first kappa shape index (κ1) is 28.3. The maximum Gasteiger partial charge on any atom is 0.435 e. The van der Waals surface area contributed by atoms with Crippen LogP contribution in [0, 0.1) is 51.2 Å². The van der Waals surface area contributed by atoms with E-state index in [0.29, 0.717) is 30.2 Å². The third-order valence-corrected chi connectivity index (χ3v) is 14.1. The fraction of sp³-hybridized carbons (Fsp3) is 0.818. The van der Waals surface area contributed by atoms with Gasteiger partial charge in [0.25, 0.3) is 0 Å². The standard InChI is InChI=1S/C33H47F3N2O2/c1-18-11-14-32(27(39)40)16-15-30(6)21(24(32)19(18)2)9-10-23-29(5)17-20-25(33(34,35)36)37-38(8)26(20)28(3,4)22(29)12-13-31(23,30)7/h9,18-19,22-24H,10-17H2,1-8H3,(H,39,40)/t18-,19+,22+,23-,24+,29+,30-,31-,32+/m1/s1. The third kappa shape index (κ3) is 3.21. The van der Waals surface area contributed by atoms with Crippen LogP contribution in [-0.2, 0) is 29.9 Å². The Kier molecular flexibility index (Phi) is 5.80. The molecule has 1 heterocycles. The average Bonchev–Trinajstić information content (AvgIpc) is 3.18. The SMILES string of the molecule is C[C@H]1[C@H](C)CC[C@]2(C(=O)O)CC[C@]3(C)C(=CC[C@@H]4[C@@]5(C)Cc6c(C(F)(F)F)nn(C)c6C(C)(C)[C@@H]5CC[C@]43C)[C@H]12. The molecule has 5 aliphatic rings. The van der Waals surface area contributed by atoms with Gasteiger partial charge >= 0.3 is 12.1 Å². The van der Waals surface area contributed by atoms with E-state index in [1.54, 1.807) is 7.05 Å². The Morgan fingerprint density at radius 3 is 2.33 bits per heavy atom. The molecule has 3 fully saturated rings. The Balaban J connectivity index is 1.50. The lowest BCUT2D eigenvalue weighted by atomic mass is 9.33. The first-order valence-corrected chi connectivity index (χ1v) is 15.4. The van der Waals surface area contributed by atoms with Gasteiger partial charge in [0.2, 0.25) is 0 Å². The number of carboxylic acids is 1. The van der Waals surface area contributed by atoms with Gasteiger partial charge in [-0.3, -0.25) is 9.48 Å². The van der Waals surface area contributed by atoms with Gasteiger partial charge in [0, 0.05) is 23.7 Å². The summed E-state index contributed by atoms with van der Waals surface area (Å²) in [6, 6.07) is 0. The summed E-state index contributed by atoms with van der Waals surface area (Å²) in [7, 11) is 1.67. The van der Waals surface area contributed by atoms with E-state index in [-0.39, 0.29) is 34.0 Å². The molecule has 0 radical (unpaired) electrons. The molecule has 1 aromatic rings. The summed E-state index contributed by atoms with van der Waals surface area (Å²) in [5.74, 6) is 0.623. The van der Waals surface area contributed by atoms with Gasteiger partial charge in [0.1, 0.15) is 0 Å². The number of hydrogen-bond acceptors (Lipinski definition) is 2. The van der Waals surface area contributed by atoms with E-state index >= 15 is 0 Å². The Hall–Kier alpha value is -1.79. The van der Waals surface area contributed by atoms with Crippen molar-refractivity contribution in [2.24, 2.45) is 58.3 Å². The van der Waals surface area contributed by atoms with Crippen molar-refractivity contribution in [1.29, 1.82) is 0 Å². The number of aromatic nitrogens is 2. The monoisotopic (exact) mass is 560 g/mol. The molecular weight excluding hydrogens is 513 g/mol. The molecule has 5 aliphatic carbocycles. The van der Waals surface area contributed by atoms with Gasteiger partial charge in [0.15, 0.2) is 5.69 Å². The van der Waals surface area contributed by atoms with E-state index in [9.17, 15) is 23.1 Å². The van der Waals surface area contributed by atoms with Crippen LogP contribution in [-0.4, -0.2) is 20.9 Å². The van der Waals surface area contributed by atoms with Crippen molar-refractivity contribution in [2.75, 3.05) is 0 Å². The molecule has 0 amide bonds. The molecule has 4 nitrogen and oxygen atoms in total.